The molecule has 2 heterocycles. The number of hydrogen-bond donors (Lipinski definition) is 1. The van der Waals surface area contributed by atoms with Crippen LogP contribution >= 0.6 is 0 Å². The maximum Gasteiger partial charge on any atom is 0.254 e. The molecule has 1 aliphatic heterocycles. The Balaban J connectivity index is 1.98. The minimum Gasteiger partial charge on any atom is -0.493 e. The Labute approximate surface area is 175 Å². The summed E-state index contributed by atoms with van der Waals surface area (Å²) in [5, 5.41) is 0.948. The predicted octanol–water partition coefficient (Wildman–Crippen LogP) is 3.66. The number of benzene rings is 2. The number of aromatic amines is 1. The number of ether oxygens (including phenoxy) is 2. The number of fused-ring (bicyclic) bond motifs is 2. The molecule has 0 fully saturated rings. The van der Waals surface area contributed by atoms with Crippen LogP contribution in [0.25, 0.3) is 10.9 Å². The Kier molecular flexibility index (Phi) is 5.02. The van der Waals surface area contributed by atoms with Crippen LogP contribution < -0.4 is 15.0 Å². The number of hydrogen-bond acceptors (Lipinski definition) is 4. The predicted molar refractivity (Wildman–Crippen MR) is 117 cm³/mol. The number of aryl methyl sites for hydroxylation is 2. The van der Waals surface area contributed by atoms with Gasteiger partial charge in [-0.2, -0.15) is 0 Å². The maximum atomic E-state index is 13.2. The van der Waals surface area contributed by atoms with E-state index in [-0.39, 0.29) is 11.5 Å². The molecule has 1 amide bonds. The molecule has 1 atom stereocenters. The van der Waals surface area contributed by atoms with E-state index in [4.69, 9.17) is 9.47 Å². The molecular formula is C24H26N2O4. The number of carbonyl (C=O) groups excluding carboxylic acids is 1. The Bertz CT molecular complexity index is 1210. The second kappa shape index (κ2) is 7.52. The first-order chi connectivity index (χ1) is 14.3. The van der Waals surface area contributed by atoms with Gasteiger partial charge in [0.25, 0.3) is 5.56 Å². The molecule has 6 heteroatoms. The van der Waals surface area contributed by atoms with Crippen molar-refractivity contribution in [1.29, 1.82) is 0 Å². The number of H-pyrrole nitrogens is 1. The first-order valence-electron chi connectivity index (χ1n) is 10.0. The highest BCUT2D eigenvalue weighted by atomic mass is 16.5. The van der Waals surface area contributed by atoms with Crippen molar-refractivity contribution in [3.05, 3.63) is 68.5 Å². The topological polar surface area (TPSA) is 71.6 Å². The highest BCUT2D eigenvalue weighted by molar-refractivity contribution is 5.84. The van der Waals surface area contributed by atoms with Gasteiger partial charge in [0.05, 0.1) is 25.8 Å². The number of carbonyl (C=O) groups is 1. The molecule has 3 aromatic rings. The number of rotatable bonds is 3. The third kappa shape index (κ3) is 3.12. The van der Waals surface area contributed by atoms with Crippen LogP contribution in [0.15, 0.2) is 35.1 Å². The second-order valence-electron chi connectivity index (χ2n) is 7.80. The molecule has 1 aliphatic rings. The summed E-state index contributed by atoms with van der Waals surface area (Å²) in [6, 6.07) is 9.31. The Morgan fingerprint density at radius 2 is 1.77 bits per heavy atom. The SMILES string of the molecule is COc1cc2c(cc1OC)C(c1cc3ccc(C)c(C)c3[nH]c1=O)N(C(C)=O)CC2. The molecule has 0 spiro atoms. The van der Waals surface area contributed by atoms with Crippen LogP contribution in [0.5, 0.6) is 11.5 Å². The van der Waals surface area contributed by atoms with Crippen molar-refractivity contribution in [2.24, 2.45) is 0 Å². The standard InChI is InChI=1S/C24H26N2O4/c1-13-6-7-17-10-19(24(28)25-22(17)14(13)2)23-18-12-21(30-5)20(29-4)11-16(18)8-9-26(23)15(3)27/h6-7,10-12,23H,8-9H2,1-5H3,(H,25,28). The minimum absolute atomic E-state index is 0.0694. The maximum absolute atomic E-state index is 13.2. The number of methoxy groups -OCH3 is 2. The van der Waals surface area contributed by atoms with Crippen LogP contribution in [-0.2, 0) is 11.2 Å². The monoisotopic (exact) mass is 406 g/mol. The molecule has 0 saturated heterocycles. The van der Waals surface area contributed by atoms with Gasteiger partial charge in [-0.1, -0.05) is 12.1 Å². The van der Waals surface area contributed by atoms with E-state index in [1.165, 1.54) is 0 Å². The molecular weight excluding hydrogens is 380 g/mol. The van der Waals surface area contributed by atoms with E-state index in [0.29, 0.717) is 30.0 Å². The lowest BCUT2D eigenvalue weighted by atomic mass is 9.87. The molecule has 4 rings (SSSR count). The van der Waals surface area contributed by atoms with Gasteiger partial charge in [-0.25, -0.2) is 0 Å². The summed E-state index contributed by atoms with van der Waals surface area (Å²) in [6.45, 7) is 6.10. The fourth-order valence-electron chi connectivity index (χ4n) is 4.37. The lowest BCUT2D eigenvalue weighted by molar-refractivity contribution is -0.130. The van der Waals surface area contributed by atoms with E-state index in [0.717, 1.165) is 33.2 Å². The Hall–Kier alpha value is -3.28. The van der Waals surface area contributed by atoms with Gasteiger partial charge in [0.2, 0.25) is 5.91 Å². The molecule has 2 aromatic carbocycles. The van der Waals surface area contributed by atoms with Gasteiger partial charge in [-0.15, -0.1) is 0 Å². The minimum atomic E-state index is -0.485. The van der Waals surface area contributed by atoms with Crippen LogP contribution in [-0.4, -0.2) is 36.6 Å². The third-order valence-corrected chi connectivity index (χ3v) is 6.15. The summed E-state index contributed by atoms with van der Waals surface area (Å²) in [6.07, 6.45) is 0.690. The molecule has 0 bridgehead atoms. The number of nitrogens with zero attached hydrogens (tertiary/aromatic N) is 1. The number of nitrogens with one attached hydrogen (secondary N) is 1. The third-order valence-electron chi connectivity index (χ3n) is 6.15. The molecule has 0 aliphatic carbocycles. The van der Waals surface area contributed by atoms with Crippen molar-refractivity contribution in [1.82, 2.24) is 9.88 Å². The second-order valence-corrected chi connectivity index (χ2v) is 7.80. The van der Waals surface area contributed by atoms with Gasteiger partial charge < -0.3 is 19.4 Å². The van der Waals surface area contributed by atoms with Crippen LogP contribution in [0.2, 0.25) is 0 Å². The average molecular weight is 406 g/mol. The summed E-state index contributed by atoms with van der Waals surface area (Å²) < 4.78 is 10.9. The van der Waals surface area contributed by atoms with E-state index in [2.05, 4.69) is 4.98 Å². The largest absolute Gasteiger partial charge is 0.493 e. The van der Waals surface area contributed by atoms with Gasteiger partial charge >= 0.3 is 0 Å². The van der Waals surface area contributed by atoms with Crippen molar-refractivity contribution >= 4 is 16.8 Å². The number of aromatic nitrogens is 1. The van der Waals surface area contributed by atoms with Crippen molar-refractivity contribution in [2.75, 3.05) is 20.8 Å². The summed E-state index contributed by atoms with van der Waals surface area (Å²) in [7, 11) is 3.18. The van der Waals surface area contributed by atoms with Crippen molar-refractivity contribution in [3.63, 3.8) is 0 Å². The summed E-state index contributed by atoms with van der Waals surface area (Å²) in [5.41, 5.74) is 5.31. The molecule has 6 nitrogen and oxygen atoms in total. The van der Waals surface area contributed by atoms with E-state index >= 15 is 0 Å². The van der Waals surface area contributed by atoms with Gasteiger partial charge in [0, 0.05) is 19.0 Å². The van der Waals surface area contributed by atoms with Crippen molar-refractivity contribution < 1.29 is 14.3 Å². The molecule has 0 saturated carbocycles. The van der Waals surface area contributed by atoms with E-state index in [1.54, 1.807) is 26.0 Å². The van der Waals surface area contributed by atoms with Gasteiger partial charge in [-0.05, 0) is 66.1 Å². The van der Waals surface area contributed by atoms with E-state index < -0.39 is 6.04 Å². The number of pyridine rings is 1. The first-order valence-corrected chi connectivity index (χ1v) is 10.0. The highest BCUT2D eigenvalue weighted by Crippen LogP contribution is 2.40. The van der Waals surface area contributed by atoms with Gasteiger partial charge in [0.1, 0.15) is 0 Å². The normalized spacial score (nSPS) is 15.8. The van der Waals surface area contributed by atoms with Crippen LogP contribution in [0.3, 0.4) is 0 Å². The summed E-state index contributed by atoms with van der Waals surface area (Å²) in [4.78, 5) is 30.5. The van der Waals surface area contributed by atoms with Crippen LogP contribution in [0.4, 0.5) is 0 Å². The van der Waals surface area contributed by atoms with Crippen LogP contribution in [0.1, 0.15) is 40.8 Å². The Morgan fingerprint density at radius 3 is 2.43 bits per heavy atom. The fourth-order valence-corrected chi connectivity index (χ4v) is 4.37. The molecule has 156 valence electrons. The van der Waals surface area contributed by atoms with E-state index in [1.807, 2.05) is 44.2 Å². The Morgan fingerprint density at radius 1 is 1.07 bits per heavy atom. The van der Waals surface area contributed by atoms with Gasteiger partial charge in [0.15, 0.2) is 11.5 Å². The van der Waals surface area contributed by atoms with Crippen molar-refractivity contribution in [2.45, 2.75) is 33.2 Å². The fraction of sp³-hybridized carbons (Fsp3) is 0.333. The quantitative estimate of drug-likeness (QED) is 0.721. The summed E-state index contributed by atoms with van der Waals surface area (Å²) >= 11 is 0. The zero-order valence-electron chi connectivity index (χ0n) is 18.0. The average Bonchev–Trinajstić information content (AvgIpc) is 2.74. The number of amides is 1. The lowest BCUT2D eigenvalue weighted by Crippen LogP contribution is -2.41. The first kappa shape index (κ1) is 20.0. The molecule has 0 radical (unpaired) electrons. The smallest absolute Gasteiger partial charge is 0.254 e. The van der Waals surface area contributed by atoms with E-state index in [9.17, 15) is 9.59 Å². The van der Waals surface area contributed by atoms with Crippen molar-refractivity contribution in [3.8, 4) is 11.5 Å². The zero-order chi connectivity index (χ0) is 21.6. The highest BCUT2D eigenvalue weighted by Gasteiger charge is 2.33. The zero-order valence-corrected chi connectivity index (χ0v) is 18.0. The molecule has 1 aromatic heterocycles. The van der Waals surface area contributed by atoms with Crippen LogP contribution in [0, 0.1) is 13.8 Å². The molecule has 1 unspecified atom stereocenters. The molecule has 1 N–H and O–H groups in total. The lowest BCUT2D eigenvalue weighted by Gasteiger charge is -2.37. The van der Waals surface area contributed by atoms with Gasteiger partial charge in [-0.3, -0.25) is 9.59 Å². The molecule has 30 heavy (non-hydrogen) atoms. The summed E-state index contributed by atoms with van der Waals surface area (Å²) in [5.74, 6) is 1.15.